The third-order valence-corrected chi connectivity index (χ3v) is 8.67. The van der Waals surface area contributed by atoms with Crippen molar-refractivity contribution in [2.24, 2.45) is 15.3 Å². The molecule has 4 aromatic rings. The van der Waals surface area contributed by atoms with Crippen LogP contribution in [-0.4, -0.2) is 45.4 Å². The molecular weight excluding hydrogens is 556 g/mol. The van der Waals surface area contributed by atoms with Crippen molar-refractivity contribution in [3.63, 3.8) is 0 Å². The number of ether oxygens (including phenoxy) is 1. The van der Waals surface area contributed by atoms with Crippen molar-refractivity contribution in [2.45, 2.75) is 16.1 Å². The first-order chi connectivity index (χ1) is 19.7. The zero-order valence-corrected chi connectivity index (χ0v) is 24.2. The van der Waals surface area contributed by atoms with Crippen molar-refractivity contribution in [3.8, 4) is 0 Å². The Balaban J connectivity index is 1.47. The zero-order chi connectivity index (χ0) is 29.3. The molecule has 0 atom stereocenters. The van der Waals surface area contributed by atoms with Crippen molar-refractivity contribution < 1.29 is 17.9 Å². The van der Waals surface area contributed by atoms with E-state index >= 15 is 0 Å². The number of sulfonamides is 1. The second-order valence-electron chi connectivity index (χ2n) is 9.34. The summed E-state index contributed by atoms with van der Waals surface area (Å²) in [6.07, 6.45) is 0.424. The maximum absolute atomic E-state index is 12.5. The van der Waals surface area contributed by atoms with Crippen LogP contribution >= 0.6 is 11.9 Å². The van der Waals surface area contributed by atoms with Gasteiger partial charge < -0.3 is 15.4 Å². The predicted octanol–water partition coefficient (Wildman–Crippen LogP) is 4.31. The molecule has 0 bridgehead atoms. The minimum Gasteiger partial charge on any atom is -0.464 e. The Morgan fingerprint density at radius 1 is 0.829 bits per heavy atom. The summed E-state index contributed by atoms with van der Waals surface area (Å²) in [5.41, 5.74) is 10.3. The van der Waals surface area contributed by atoms with Crippen LogP contribution in [0.15, 0.2) is 125 Å². The van der Waals surface area contributed by atoms with E-state index in [0.29, 0.717) is 6.42 Å². The van der Waals surface area contributed by atoms with E-state index in [1.165, 1.54) is 24.1 Å². The van der Waals surface area contributed by atoms with Gasteiger partial charge in [0.1, 0.15) is 11.3 Å². The van der Waals surface area contributed by atoms with Crippen LogP contribution in [0.25, 0.3) is 0 Å². The van der Waals surface area contributed by atoms with Gasteiger partial charge in [-0.1, -0.05) is 103 Å². The maximum Gasteiger partial charge on any atom is 0.325 e. The highest BCUT2D eigenvalue weighted by atomic mass is 32.2. The first kappa shape index (κ1) is 29.9. The van der Waals surface area contributed by atoms with Gasteiger partial charge >= 0.3 is 5.97 Å². The Bertz CT molecular complexity index is 1470. The van der Waals surface area contributed by atoms with E-state index in [9.17, 15) is 13.2 Å². The minimum absolute atomic E-state index is 0.0308. The number of esters is 1. The largest absolute Gasteiger partial charge is 0.464 e. The van der Waals surface area contributed by atoms with Crippen LogP contribution in [0, 0.1) is 0 Å². The van der Waals surface area contributed by atoms with Gasteiger partial charge in [0.2, 0.25) is 16.0 Å². The molecule has 0 heterocycles. The summed E-state index contributed by atoms with van der Waals surface area (Å²) < 4.78 is 32.2. The van der Waals surface area contributed by atoms with Gasteiger partial charge in [0, 0.05) is 13.5 Å². The lowest BCUT2D eigenvalue weighted by Gasteiger charge is -2.33. The molecule has 0 aliphatic rings. The average molecular weight is 589 g/mol. The average Bonchev–Trinajstić information content (AvgIpc) is 2.99. The topological polar surface area (TPSA) is 128 Å². The van der Waals surface area contributed by atoms with E-state index in [1.807, 2.05) is 54.6 Å². The van der Waals surface area contributed by atoms with Crippen LogP contribution < -0.4 is 10.9 Å². The Labute approximate surface area is 245 Å². The van der Waals surface area contributed by atoms with Crippen LogP contribution in [0.5, 0.6) is 0 Å². The highest BCUT2D eigenvalue weighted by Gasteiger charge is 2.38. The Morgan fingerprint density at radius 3 is 1.73 bits per heavy atom. The Morgan fingerprint density at radius 2 is 1.29 bits per heavy atom. The first-order valence-corrected chi connectivity index (χ1v) is 15.2. The van der Waals surface area contributed by atoms with Gasteiger partial charge in [0.15, 0.2) is 0 Å². The number of nitrogens with two attached hydrogens (primary N) is 2. The van der Waals surface area contributed by atoms with Crippen molar-refractivity contribution in [3.05, 3.63) is 138 Å². The highest BCUT2D eigenvalue weighted by molar-refractivity contribution is 7.99. The Kier molecular flexibility index (Phi) is 9.82. The lowest BCUT2D eigenvalue weighted by atomic mass is 9.84. The molecule has 0 saturated carbocycles. The summed E-state index contributed by atoms with van der Waals surface area (Å²) in [6, 6.07) is 36.5. The quantitative estimate of drug-likeness (QED) is 0.0879. The summed E-state index contributed by atoms with van der Waals surface area (Å²) in [5.74, 6) is -0.282. The summed E-state index contributed by atoms with van der Waals surface area (Å²) in [7, 11) is -2.07. The predicted molar refractivity (Wildman–Crippen MR) is 164 cm³/mol. The molecule has 4 aromatic carbocycles. The molecule has 10 heteroatoms. The molecule has 0 unspecified atom stereocenters. The number of carbonyl (C=O) groups is 1. The third kappa shape index (κ3) is 7.55. The van der Waals surface area contributed by atoms with Crippen LogP contribution in [0.4, 0.5) is 0 Å². The molecule has 212 valence electrons. The van der Waals surface area contributed by atoms with Crippen molar-refractivity contribution in [2.75, 3.05) is 20.2 Å². The molecule has 4 N–H and O–H groups in total. The molecule has 0 radical (unpaired) electrons. The van der Waals surface area contributed by atoms with Gasteiger partial charge in [-0.15, -0.1) is 0 Å². The number of guanidine groups is 1. The van der Waals surface area contributed by atoms with E-state index in [4.69, 9.17) is 20.0 Å². The molecule has 0 fully saturated rings. The van der Waals surface area contributed by atoms with Crippen LogP contribution in [0.1, 0.15) is 22.3 Å². The van der Waals surface area contributed by atoms with Gasteiger partial charge in [-0.05, 0) is 46.3 Å². The van der Waals surface area contributed by atoms with Crippen molar-refractivity contribution in [1.29, 1.82) is 0 Å². The number of nitrogens with zero attached hydrogens (tertiary/aromatic N) is 2. The van der Waals surface area contributed by atoms with Crippen molar-refractivity contribution in [1.82, 2.24) is 4.90 Å². The molecule has 0 amide bonds. The number of rotatable bonds is 11. The van der Waals surface area contributed by atoms with Gasteiger partial charge in [-0.25, -0.2) is 13.6 Å². The number of primary sulfonamides is 1. The third-order valence-electron chi connectivity index (χ3n) is 6.48. The molecule has 4 rings (SSSR count). The standard InChI is InChI=1S/C31H32N4O4S2/c1-35(23-29(36)39-22-21-24-17-19-28(20-18-24)41(33,37)38)30(32)34-40-31(25-11-5-2-6-12-25,26-13-7-3-8-14-26)27-15-9-4-10-16-27/h2-20H,21-23H2,1H3,(H2,32,34)(H2,33,37,38). The second-order valence-corrected chi connectivity index (χ2v) is 11.9. The number of likely N-dealkylation sites (N-methyl/N-ethyl adjacent to an activating group) is 1. The summed E-state index contributed by atoms with van der Waals surface area (Å²) in [6.45, 7) is 0.0432. The summed E-state index contributed by atoms with van der Waals surface area (Å²) >= 11 is 1.33. The number of carbonyl (C=O) groups excluding carboxylic acids is 1. The van der Waals surface area contributed by atoms with Crippen LogP contribution in [0.2, 0.25) is 0 Å². The van der Waals surface area contributed by atoms with E-state index in [-0.39, 0.29) is 24.0 Å². The lowest BCUT2D eigenvalue weighted by Crippen LogP contribution is -2.38. The molecule has 0 aliphatic carbocycles. The fourth-order valence-corrected chi connectivity index (χ4v) is 5.92. The van der Waals surface area contributed by atoms with E-state index in [0.717, 1.165) is 22.3 Å². The molecule has 8 nitrogen and oxygen atoms in total. The van der Waals surface area contributed by atoms with Gasteiger partial charge in [-0.3, -0.25) is 4.79 Å². The molecule has 0 saturated heterocycles. The fourth-order valence-electron chi connectivity index (χ4n) is 4.31. The zero-order valence-electron chi connectivity index (χ0n) is 22.6. The minimum atomic E-state index is -3.75. The summed E-state index contributed by atoms with van der Waals surface area (Å²) in [4.78, 5) is 14.1. The first-order valence-electron chi connectivity index (χ1n) is 12.9. The van der Waals surface area contributed by atoms with Crippen LogP contribution in [0.3, 0.4) is 0 Å². The van der Waals surface area contributed by atoms with E-state index in [2.05, 4.69) is 36.4 Å². The van der Waals surface area contributed by atoms with Gasteiger partial charge in [-0.2, -0.15) is 4.40 Å². The smallest absolute Gasteiger partial charge is 0.325 e. The fraction of sp³-hybridized carbons (Fsp3) is 0.161. The summed E-state index contributed by atoms with van der Waals surface area (Å²) in [5, 5.41) is 5.13. The number of hydrogen-bond acceptors (Lipinski definition) is 6. The molecule has 0 aliphatic heterocycles. The molecule has 0 spiro atoms. The second kappa shape index (κ2) is 13.5. The Hall–Kier alpha value is -4.12. The van der Waals surface area contributed by atoms with E-state index < -0.39 is 20.7 Å². The van der Waals surface area contributed by atoms with Gasteiger partial charge in [0.05, 0.1) is 11.5 Å². The number of hydrogen-bond donors (Lipinski definition) is 2. The van der Waals surface area contributed by atoms with E-state index in [1.54, 1.807) is 24.1 Å². The molecular formula is C31H32N4O4S2. The SMILES string of the molecule is CN(CC(=O)OCCc1ccc(S(N)(=O)=O)cc1)/C(N)=N\SC(c1ccccc1)(c1ccccc1)c1ccccc1. The van der Waals surface area contributed by atoms with Crippen molar-refractivity contribution >= 4 is 33.9 Å². The molecule has 41 heavy (non-hydrogen) atoms. The maximum atomic E-state index is 12.5. The van der Waals surface area contributed by atoms with Gasteiger partial charge in [0.25, 0.3) is 0 Å². The lowest BCUT2D eigenvalue weighted by molar-refractivity contribution is -0.143. The van der Waals surface area contributed by atoms with Crippen LogP contribution in [-0.2, 0) is 30.7 Å². The monoisotopic (exact) mass is 588 g/mol. The normalized spacial score (nSPS) is 12.1. The number of benzene rings is 4. The molecule has 0 aromatic heterocycles. The highest BCUT2D eigenvalue weighted by Crippen LogP contribution is 2.48.